The summed E-state index contributed by atoms with van der Waals surface area (Å²) in [7, 11) is 0. The van der Waals surface area contributed by atoms with Gasteiger partial charge in [0.1, 0.15) is 0 Å². The van der Waals surface area contributed by atoms with Gasteiger partial charge in [-0.05, 0) is 0 Å². The molecule has 0 N–H and O–H groups in total. The van der Waals surface area contributed by atoms with Crippen molar-refractivity contribution in [3.8, 4) is 11.3 Å². The Morgan fingerprint density at radius 1 is 0.800 bits per heavy atom. The van der Waals surface area contributed by atoms with Crippen LogP contribution >= 0.6 is 0 Å². The van der Waals surface area contributed by atoms with Gasteiger partial charge in [0, 0.05) is 0 Å². The fraction of sp³-hybridized carbons (Fsp3) is 0. The monoisotopic (exact) mass is 396 g/mol. The summed E-state index contributed by atoms with van der Waals surface area (Å²) in [6, 6.07) is 15.7. The number of rotatable bonds is 1. The Morgan fingerprint density at radius 3 is 2.48 bits per heavy atom. The average molecular weight is 395 g/mol. The number of fused-ring (bicyclic) bond motifs is 4. The fourth-order valence-corrected chi connectivity index (χ4v) is 5.53. The van der Waals surface area contributed by atoms with Crippen LogP contribution in [0, 0.1) is 11.6 Å². The third kappa shape index (κ3) is 2.36. The summed E-state index contributed by atoms with van der Waals surface area (Å²) in [4.78, 5) is 8.64. The summed E-state index contributed by atoms with van der Waals surface area (Å²) < 4.78 is 30.0. The Kier molecular flexibility index (Phi) is 3.20. The van der Waals surface area contributed by atoms with Crippen LogP contribution < -0.4 is 0 Å². The fourth-order valence-electron chi connectivity index (χ4n) is 3.07. The second-order valence-corrected chi connectivity index (χ2v) is 8.09. The van der Waals surface area contributed by atoms with E-state index in [1.165, 1.54) is 12.1 Å². The van der Waals surface area contributed by atoms with Crippen molar-refractivity contribution < 1.29 is 8.78 Å². The zero-order chi connectivity index (χ0) is 17.0. The average Bonchev–Trinajstić information content (AvgIpc) is 2.98. The van der Waals surface area contributed by atoms with Crippen LogP contribution in [-0.4, -0.2) is 24.5 Å². The molecule has 120 valence electrons. The van der Waals surface area contributed by atoms with Crippen LogP contribution in [0.25, 0.3) is 41.6 Å². The van der Waals surface area contributed by atoms with E-state index in [2.05, 4.69) is 9.97 Å². The molecule has 5 aromatic rings. The van der Waals surface area contributed by atoms with Gasteiger partial charge in [0.25, 0.3) is 0 Å². The Labute approximate surface area is 147 Å². The summed E-state index contributed by atoms with van der Waals surface area (Å²) in [5.74, 6) is -0.539. The second kappa shape index (κ2) is 5.45. The molecule has 3 aromatic heterocycles. The molecule has 0 aliphatic rings. The molecule has 3 heterocycles. The van der Waals surface area contributed by atoms with Gasteiger partial charge < -0.3 is 0 Å². The number of hydrogen-bond donors (Lipinski definition) is 0. The molecule has 0 saturated heterocycles. The van der Waals surface area contributed by atoms with Crippen LogP contribution in [0.15, 0.2) is 60.8 Å². The molecule has 0 radical (unpaired) electrons. The number of hydrogen-bond acceptors (Lipinski definition) is 2. The van der Waals surface area contributed by atoms with Crippen LogP contribution in [0.2, 0.25) is 0 Å². The third-order valence-electron chi connectivity index (χ3n) is 4.26. The van der Waals surface area contributed by atoms with Crippen LogP contribution in [0.4, 0.5) is 8.78 Å². The Balaban J connectivity index is 1.74. The van der Waals surface area contributed by atoms with E-state index in [0.29, 0.717) is 16.7 Å². The van der Waals surface area contributed by atoms with E-state index >= 15 is 0 Å². The summed E-state index contributed by atoms with van der Waals surface area (Å²) in [6.07, 6.45) is 1.61. The molecule has 0 aliphatic carbocycles. The van der Waals surface area contributed by atoms with E-state index in [4.69, 9.17) is 0 Å². The molecule has 5 rings (SSSR count). The van der Waals surface area contributed by atoms with E-state index in [1.807, 2.05) is 24.3 Å². The van der Waals surface area contributed by atoms with Gasteiger partial charge in [-0.3, -0.25) is 0 Å². The van der Waals surface area contributed by atoms with Crippen molar-refractivity contribution in [2.45, 2.75) is 0 Å². The molecule has 25 heavy (non-hydrogen) atoms. The quantitative estimate of drug-likeness (QED) is 0.376. The van der Waals surface area contributed by atoms with Crippen molar-refractivity contribution in [1.29, 1.82) is 0 Å². The van der Waals surface area contributed by atoms with Gasteiger partial charge in [0.05, 0.1) is 0 Å². The molecular formula is C20H10F2N2Se. The van der Waals surface area contributed by atoms with E-state index in [-0.39, 0.29) is 26.1 Å². The van der Waals surface area contributed by atoms with Crippen molar-refractivity contribution in [3.05, 3.63) is 72.4 Å². The number of benzene rings is 2. The molecule has 2 aromatic carbocycles. The standard InChI is InChI=1S/C20H10F2N2Se/c21-12-4-6-14-13-5-3-11(8-18(13)25-19(14)9-12)17-10-16(22)15-2-1-7-23-20(15)24-17/h1-10H. The first kappa shape index (κ1) is 14.7. The summed E-state index contributed by atoms with van der Waals surface area (Å²) in [6.45, 7) is 0. The Morgan fingerprint density at radius 2 is 1.60 bits per heavy atom. The molecule has 5 heteroatoms. The molecule has 0 bridgehead atoms. The van der Waals surface area contributed by atoms with Gasteiger partial charge in [-0.2, -0.15) is 0 Å². The van der Waals surface area contributed by atoms with Gasteiger partial charge >= 0.3 is 147 Å². The molecule has 0 saturated carbocycles. The van der Waals surface area contributed by atoms with Gasteiger partial charge in [0.2, 0.25) is 0 Å². The second-order valence-electron chi connectivity index (χ2n) is 5.82. The molecule has 0 unspecified atom stereocenters. The van der Waals surface area contributed by atoms with Gasteiger partial charge in [-0.25, -0.2) is 0 Å². The maximum atomic E-state index is 14.3. The first-order valence-corrected chi connectivity index (χ1v) is 9.44. The third-order valence-corrected chi connectivity index (χ3v) is 6.61. The number of pyridine rings is 2. The van der Waals surface area contributed by atoms with Crippen LogP contribution in [0.1, 0.15) is 0 Å². The SMILES string of the molecule is Fc1ccc2c(c1)[se]c1cc(-c3cc(F)c4cccnc4n3)ccc12. The first-order chi connectivity index (χ1) is 12.2. The van der Waals surface area contributed by atoms with Crippen LogP contribution in [-0.2, 0) is 0 Å². The summed E-state index contributed by atoms with van der Waals surface area (Å²) in [5, 5.41) is 2.62. The van der Waals surface area contributed by atoms with E-state index < -0.39 is 0 Å². The molecular weight excluding hydrogens is 385 g/mol. The van der Waals surface area contributed by atoms with Crippen molar-refractivity contribution in [1.82, 2.24) is 9.97 Å². The maximum absolute atomic E-state index is 14.3. The van der Waals surface area contributed by atoms with Crippen molar-refractivity contribution in [2.24, 2.45) is 0 Å². The van der Waals surface area contributed by atoms with Crippen molar-refractivity contribution in [3.63, 3.8) is 0 Å². The van der Waals surface area contributed by atoms with Gasteiger partial charge in [-0.1, -0.05) is 0 Å². The Hall–Kier alpha value is -2.62. The van der Waals surface area contributed by atoms with E-state index in [1.54, 1.807) is 24.4 Å². The predicted octanol–water partition coefficient (Wildman–Crippen LogP) is 4.94. The number of halogens is 2. The minimum atomic E-state index is -0.329. The van der Waals surface area contributed by atoms with Crippen molar-refractivity contribution >= 4 is 44.8 Å². The molecule has 0 spiro atoms. The number of aromatic nitrogens is 2. The van der Waals surface area contributed by atoms with Gasteiger partial charge in [-0.15, -0.1) is 0 Å². The van der Waals surface area contributed by atoms with Crippen LogP contribution in [0.3, 0.4) is 0 Å². The van der Waals surface area contributed by atoms with Gasteiger partial charge in [0.15, 0.2) is 0 Å². The molecule has 0 aliphatic heterocycles. The molecule has 0 atom stereocenters. The van der Waals surface area contributed by atoms with E-state index in [0.717, 1.165) is 24.9 Å². The number of nitrogens with zero attached hydrogens (tertiary/aromatic N) is 2. The minimum absolute atomic E-state index is 0.0381. The summed E-state index contributed by atoms with van der Waals surface area (Å²) in [5.41, 5.74) is 1.80. The van der Waals surface area contributed by atoms with Crippen LogP contribution in [0.5, 0.6) is 0 Å². The summed E-state index contributed by atoms with van der Waals surface area (Å²) >= 11 is 0.0381. The zero-order valence-corrected chi connectivity index (χ0v) is 14.5. The predicted molar refractivity (Wildman–Crippen MR) is 96.8 cm³/mol. The Bertz CT molecular complexity index is 1280. The first-order valence-electron chi connectivity index (χ1n) is 7.72. The normalized spacial score (nSPS) is 11.6. The molecule has 0 amide bonds. The molecule has 2 nitrogen and oxygen atoms in total. The topological polar surface area (TPSA) is 25.8 Å². The zero-order valence-electron chi connectivity index (χ0n) is 12.8. The van der Waals surface area contributed by atoms with Crippen molar-refractivity contribution in [2.75, 3.05) is 0 Å². The molecule has 0 fully saturated rings. The van der Waals surface area contributed by atoms with E-state index in [9.17, 15) is 8.78 Å².